The zero-order valence-electron chi connectivity index (χ0n) is 11.5. The first-order valence-corrected chi connectivity index (χ1v) is 6.16. The lowest BCUT2D eigenvalue weighted by molar-refractivity contribution is -0.384. The number of methoxy groups -OCH3 is 1. The smallest absolute Gasteiger partial charge is 0.343 e. The van der Waals surface area contributed by atoms with Gasteiger partial charge < -0.3 is 9.47 Å². The van der Waals surface area contributed by atoms with Crippen LogP contribution < -0.4 is 4.74 Å². The highest BCUT2D eigenvalue weighted by atomic mass is 16.6. The van der Waals surface area contributed by atoms with Gasteiger partial charge >= 0.3 is 11.9 Å². The molecule has 0 aliphatic rings. The molecule has 0 saturated carbocycles. The molecule has 0 spiro atoms. The minimum absolute atomic E-state index is 0.0613. The van der Waals surface area contributed by atoms with E-state index in [2.05, 4.69) is 4.74 Å². The van der Waals surface area contributed by atoms with E-state index in [1.165, 1.54) is 49.6 Å². The Balaban J connectivity index is 2.13. The Hall–Kier alpha value is -3.22. The van der Waals surface area contributed by atoms with E-state index >= 15 is 0 Å². The lowest BCUT2D eigenvalue weighted by Gasteiger charge is -2.05. The quantitative estimate of drug-likeness (QED) is 0.373. The predicted molar refractivity (Wildman–Crippen MR) is 75.8 cm³/mol. The highest BCUT2D eigenvalue weighted by molar-refractivity contribution is 5.92. The summed E-state index contributed by atoms with van der Waals surface area (Å²) in [5.74, 6) is -1.02. The predicted octanol–water partition coefficient (Wildman–Crippen LogP) is 2.60. The molecule has 0 amide bonds. The van der Waals surface area contributed by atoms with Gasteiger partial charge in [0.2, 0.25) is 0 Å². The Morgan fingerprint density at radius 3 is 2.27 bits per heavy atom. The number of benzene rings is 2. The Kier molecular flexibility index (Phi) is 4.47. The number of nitrogens with zero attached hydrogens (tertiary/aromatic N) is 1. The van der Waals surface area contributed by atoms with Crippen molar-refractivity contribution in [2.24, 2.45) is 0 Å². The van der Waals surface area contributed by atoms with Gasteiger partial charge in [-0.15, -0.1) is 0 Å². The maximum Gasteiger partial charge on any atom is 0.343 e. The lowest BCUT2D eigenvalue weighted by atomic mass is 10.2. The van der Waals surface area contributed by atoms with E-state index < -0.39 is 16.9 Å². The molecule has 0 heterocycles. The molecule has 0 fully saturated rings. The Morgan fingerprint density at radius 2 is 1.68 bits per heavy atom. The molecule has 7 nitrogen and oxygen atoms in total. The standard InChI is InChI=1S/C15H11NO6/c1-21-14(17)10-5-7-13(8-6-10)22-15(18)11-3-2-4-12(9-11)16(19)20/h2-9H,1H3. The SMILES string of the molecule is COC(=O)c1ccc(OC(=O)c2cccc([N+](=O)[O-])c2)cc1. The van der Waals surface area contributed by atoms with Crippen LogP contribution in [0.4, 0.5) is 5.69 Å². The van der Waals surface area contributed by atoms with Crippen LogP contribution in [-0.2, 0) is 4.74 Å². The van der Waals surface area contributed by atoms with Crippen molar-refractivity contribution in [2.45, 2.75) is 0 Å². The van der Waals surface area contributed by atoms with Crippen molar-refractivity contribution in [3.8, 4) is 5.75 Å². The fourth-order valence-corrected chi connectivity index (χ4v) is 1.69. The van der Waals surface area contributed by atoms with E-state index in [0.717, 1.165) is 6.07 Å². The molecule has 0 aromatic heterocycles. The molecule has 0 unspecified atom stereocenters. The Bertz CT molecular complexity index is 723. The molecule has 112 valence electrons. The molecule has 0 radical (unpaired) electrons. The van der Waals surface area contributed by atoms with E-state index in [-0.39, 0.29) is 17.0 Å². The summed E-state index contributed by atoms with van der Waals surface area (Å²) in [4.78, 5) is 33.3. The van der Waals surface area contributed by atoms with Gasteiger partial charge in [0.1, 0.15) is 5.75 Å². The zero-order valence-corrected chi connectivity index (χ0v) is 11.5. The van der Waals surface area contributed by atoms with Crippen molar-refractivity contribution in [1.29, 1.82) is 0 Å². The van der Waals surface area contributed by atoms with Gasteiger partial charge in [0, 0.05) is 12.1 Å². The number of carbonyl (C=O) groups excluding carboxylic acids is 2. The summed E-state index contributed by atoms with van der Waals surface area (Å²) in [7, 11) is 1.26. The molecule has 0 bridgehead atoms. The van der Waals surface area contributed by atoms with Crippen LogP contribution in [-0.4, -0.2) is 24.0 Å². The number of hydrogen-bond donors (Lipinski definition) is 0. The average molecular weight is 301 g/mol. The summed E-state index contributed by atoms with van der Waals surface area (Å²) in [6, 6.07) is 11.0. The minimum Gasteiger partial charge on any atom is -0.465 e. The van der Waals surface area contributed by atoms with Gasteiger partial charge in [-0.05, 0) is 30.3 Å². The largest absolute Gasteiger partial charge is 0.465 e. The third-order valence-corrected chi connectivity index (χ3v) is 2.78. The zero-order chi connectivity index (χ0) is 16.1. The number of hydrogen-bond acceptors (Lipinski definition) is 6. The fraction of sp³-hybridized carbons (Fsp3) is 0.0667. The van der Waals surface area contributed by atoms with Crippen molar-refractivity contribution < 1.29 is 24.0 Å². The summed E-state index contributed by atoms with van der Waals surface area (Å²) in [6.07, 6.45) is 0. The van der Waals surface area contributed by atoms with Crippen LogP contribution in [0.15, 0.2) is 48.5 Å². The number of nitro benzene ring substituents is 1. The van der Waals surface area contributed by atoms with E-state index in [0.29, 0.717) is 5.56 Å². The topological polar surface area (TPSA) is 95.7 Å². The normalized spacial score (nSPS) is 9.86. The fourth-order valence-electron chi connectivity index (χ4n) is 1.69. The molecule has 0 saturated heterocycles. The average Bonchev–Trinajstić information content (AvgIpc) is 2.54. The summed E-state index contributed by atoms with van der Waals surface area (Å²) < 4.78 is 9.64. The van der Waals surface area contributed by atoms with Gasteiger partial charge in [0.05, 0.1) is 23.2 Å². The van der Waals surface area contributed by atoms with Gasteiger partial charge in [-0.2, -0.15) is 0 Å². The van der Waals surface area contributed by atoms with Crippen molar-refractivity contribution >= 4 is 17.6 Å². The number of esters is 2. The summed E-state index contributed by atoms with van der Waals surface area (Å²) >= 11 is 0. The monoisotopic (exact) mass is 301 g/mol. The summed E-state index contributed by atoms with van der Waals surface area (Å²) in [5, 5.41) is 10.7. The highest BCUT2D eigenvalue weighted by Gasteiger charge is 2.14. The van der Waals surface area contributed by atoms with E-state index in [4.69, 9.17) is 4.74 Å². The molecule has 2 aromatic rings. The third kappa shape index (κ3) is 3.45. The maximum absolute atomic E-state index is 11.9. The van der Waals surface area contributed by atoms with Crippen LogP contribution >= 0.6 is 0 Å². The first kappa shape index (κ1) is 15.2. The molecule has 0 atom stereocenters. The molecule has 22 heavy (non-hydrogen) atoms. The number of non-ortho nitro benzene ring substituents is 1. The second-order valence-electron chi connectivity index (χ2n) is 4.21. The third-order valence-electron chi connectivity index (χ3n) is 2.78. The number of carbonyl (C=O) groups is 2. The summed E-state index contributed by atoms with van der Waals surface area (Å²) in [6.45, 7) is 0. The van der Waals surface area contributed by atoms with Gasteiger partial charge in [0.15, 0.2) is 0 Å². The van der Waals surface area contributed by atoms with Gasteiger partial charge in [-0.1, -0.05) is 6.07 Å². The van der Waals surface area contributed by atoms with E-state index in [1.54, 1.807) is 0 Å². The molecule has 2 aromatic carbocycles. The van der Waals surface area contributed by atoms with Gasteiger partial charge in [0.25, 0.3) is 5.69 Å². The summed E-state index contributed by atoms with van der Waals surface area (Å²) in [5.41, 5.74) is 0.180. The minimum atomic E-state index is -0.727. The van der Waals surface area contributed by atoms with Crippen LogP contribution in [0.5, 0.6) is 5.75 Å². The second kappa shape index (κ2) is 6.49. The molecule has 0 aliphatic heterocycles. The van der Waals surface area contributed by atoms with E-state index in [1.807, 2.05) is 0 Å². The molecule has 7 heteroatoms. The van der Waals surface area contributed by atoms with Crippen LogP contribution in [0.2, 0.25) is 0 Å². The molecular formula is C15H11NO6. The van der Waals surface area contributed by atoms with Crippen molar-refractivity contribution in [3.63, 3.8) is 0 Å². The van der Waals surface area contributed by atoms with Crippen molar-refractivity contribution in [2.75, 3.05) is 7.11 Å². The van der Waals surface area contributed by atoms with Crippen LogP contribution in [0.3, 0.4) is 0 Å². The van der Waals surface area contributed by atoms with Gasteiger partial charge in [-0.25, -0.2) is 9.59 Å². The first-order valence-electron chi connectivity index (χ1n) is 6.16. The van der Waals surface area contributed by atoms with E-state index in [9.17, 15) is 19.7 Å². The van der Waals surface area contributed by atoms with Crippen molar-refractivity contribution in [1.82, 2.24) is 0 Å². The second-order valence-corrected chi connectivity index (χ2v) is 4.21. The molecular weight excluding hydrogens is 290 g/mol. The number of rotatable bonds is 4. The van der Waals surface area contributed by atoms with Crippen LogP contribution in [0.25, 0.3) is 0 Å². The highest BCUT2D eigenvalue weighted by Crippen LogP contribution is 2.17. The number of nitro groups is 1. The first-order chi connectivity index (χ1) is 10.5. The van der Waals surface area contributed by atoms with Crippen LogP contribution in [0.1, 0.15) is 20.7 Å². The Morgan fingerprint density at radius 1 is 1.00 bits per heavy atom. The molecule has 0 aliphatic carbocycles. The van der Waals surface area contributed by atoms with Crippen LogP contribution in [0, 0.1) is 10.1 Å². The van der Waals surface area contributed by atoms with Crippen molar-refractivity contribution in [3.05, 3.63) is 69.8 Å². The molecule has 2 rings (SSSR count). The Labute approximate surface area is 125 Å². The maximum atomic E-state index is 11.9. The van der Waals surface area contributed by atoms with Gasteiger partial charge in [-0.3, -0.25) is 10.1 Å². The lowest BCUT2D eigenvalue weighted by Crippen LogP contribution is -2.09. The number of ether oxygens (including phenoxy) is 2. The molecule has 0 N–H and O–H groups in total.